The van der Waals surface area contributed by atoms with Crippen LogP contribution >= 0.6 is 34.8 Å². The first kappa shape index (κ1) is 29.8. The Morgan fingerprint density at radius 2 is 1.63 bits per heavy atom. The number of hydrogen-bond donors (Lipinski definition) is 1. The predicted molar refractivity (Wildman–Crippen MR) is 152 cm³/mol. The van der Waals surface area contributed by atoms with Crippen molar-refractivity contribution in [2.75, 3.05) is 17.4 Å². The predicted octanol–water partition coefficient (Wildman–Crippen LogP) is 5.70. The first-order valence-electron chi connectivity index (χ1n) is 11.8. The number of carbonyl (C=O) groups excluding carboxylic acids is 2. The molecule has 7 nitrogen and oxygen atoms in total. The molecule has 0 aliphatic heterocycles. The molecule has 38 heavy (non-hydrogen) atoms. The molecular formula is C27H28Cl3N3O4S. The Morgan fingerprint density at radius 1 is 0.974 bits per heavy atom. The molecule has 2 amide bonds. The molecule has 0 radical (unpaired) electrons. The van der Waals surface area contributed by atoms with Gasteiger partial charge >= 0.3 is 0 Å². The Morgan fingerprint density at radius 3 is 2.26 bits per heavy atom. The number of likely N-dealkylation sites (N-methyl/N-ethyl adjacent to an activating group) is 1. The molecule has 0 saturated carbocycles. The van der Waals surface area contributed by atoms with Crippen LogP contribution in [0, 0.1) is 6.92 Å². The van der Waals surface area contributed by atoms with Crippen LogP contribution in [-0.4, -0.2) is 44.3 Å². The third-order valence-corrected chi connectivity index (χ3v) is 8.67. The van der Waals surface area contributed by atoms with Crippen molar-refractivity contribution in [3.05, 3.63) is 92.9 Å². The summed E-state index contributed by atoms with van der Waals surface area (Å²) in [6.45, 7) is 4.96. The number of aryl methyl sites for hydroxylation is 1. The molecule has 202 valence electrons. The van der Waals surface area contributed by atoms with Gasteiger partial charge in [-0.1, -0.05) is 70.7 Å². The van der Waals surface area contributed by atoms with Crippen molar-refractivity contribution < 1.29 is 18.0 Å². The minimum Gasteiger partial charge on any atom is -0.355 e. The number of hydrogen-bond acceptors (Lipinski definition) is 4. The quantitative estimate of drug-likeness (QED) is 0.325. The number of anilines is 1. The average Bonchev–Trinajstić information content (AvgIpc) is 2.87. The van der Waals surface area contributed by atoms with Crippen LogP contribution < -0.4 is 9.62 Å². The largest absolute Gasteiger partial charge is 0.355 e. The van der Waals surface area contributed by atoms with E-state index in [1.807, 2.05) is 6.92 Å². The lowest BCUT2D eigenvalue weighted by molar-refractivity contribution is -0.139. The van der Waals surface area contributed by atoms with Gasteiger partial charge in [-0.15, -0.1) is 0 Å². The maximum atomic E-state index is 13.8. The SMILES string of the molecule is CCNC(=O)[C@@H](C)N(Cc1cccc(Cl)c1)C(=O)CN(c1cccc(Cl)c1Cl)S(=O)(=O)c1ccc(C)cc1. The zero-order valence-electron chi connectivity index (χ0n) is 21.1. The molecule has 0 fully saturated rings. The van der Waals surface area contributed by atoms with E-state index in [1.54, 1.807) is 56.3 Å². The lowest BCUT2D eigenvalue weighted by atomic mass is 10.1. The van der Waals surface area contributed by atoms with Gasteiger partial charge in [0.2, 0.25) is 11.8 Å². The number of benzene rings is 3. The second kappa shape index (κ2) is 12.8. The number of nitrogens with one attached hydrogen (secondary N) is 1. The molecule has 0 saturated heterocycles. The van der Waals surface area contributed by atoms with E-state index in [-0.39, 0.29) is 33.1 Å². The lowest BCUT2D eigenvalue weighted by Gasteiger charge is -2.32. The number of amides is 2. The molecule has 0 unspecified atom stereocenters. The Hall–Kier alpha value is -2.78. The highest BCUT2D eigenvalue weighted by molar-refractivity contribution is 7.92. The van der Waals surface area contributed by atoms with E-state index < -0.39 is 28.5 Å². The maximum absolute atomic E-state index is 13.8. The van der Waals surface area contributed by atoms with E-state index in [4.69, 9.17) is 34.8 Å². The molecule has 3 rings (SSSR count). The van der Waals surface area contributed by atoms with Crippen molar-refractivity contribution >= 4 is 62.3 Å². The molecule has 3 aromatic rings. The van der Waals surface area contributed by atoms with Gasteiger partial charge in [0.25, 0.3) is 10.0 Å². The number of nitrogens with zero attached hydrogens (tertiary/aromatic N) is 2. The molecule has 1 atom stereocenters. The number of carbonyl (C=O) groups is 2. The average molecular weight is 597 g/mol. The van der Waals surface area contributed by atoms with Crippen LogP contribution in [0.25, 0.3) is 0 Å². The topological polar surface area (TPSA) is 86.8 Å². The maximum Gasteiger partial charge on any atom is 0.264 e. The number of halogens is 3. The van der Waals surface area contributed by atoms with Gasteiger partial charge in [0.1, 0.15) is 12.6 Å². The standard InChI is InChI=1S/C27H28Cl3N3O4S/c1-4-31-27(35)19(3)32(16-20-7-5-8-21(28)15-20)25(34)17-33(24-10-6-9-23(29)26(24)30)38(36,37)22-13-11-18(2)12-14-22/h5-15,19H,4,16-17H2,1-3H3,(H,31,35)/t19-/m1/s1. The van der Waals surface area contributed by atoms with Crippen LogP contribution in [0.1, 0.15) is 25.0 Å². The fraction of sp³-hybridized carbons (Fsp3) is 0.259. The van der Waals surface area contributed by atoms with Gasteiger partial charge in [0, 0.05) is 18.1 Å². The Bertz CT molecular complexity index is 1420. The first-order chi connectivity index (χ1) is 17.9. The molecule has 0 aromatic heterocycles. The monoisotopic (exact) mass is 595 g/mol. The smallest absolute Gasteiger partial charge is 0.264 e. The highest BCUT2D eigenvalue weighted by Crippen LogP contribution is 2.35. The molecule has 0 heterocycles. The summed E-state index contributed by atoms with van der Waals surface area (Å²) in [5, 5.41) is 3.29. The van der Waals surface area contributed by atoms with E-state index in [9.17, 15) is 18.0 Å². The Labute approximate surface area is 238 Å². The van der Waals surface area contributed by atoms with E-state index in [0.717, 1.165) is 9.87 Å². The van der Waals surface area contributed by atoms with Crippen LogP contribution in [0.5, 0.6) is 0 Å². The minimum absolute atomic E-state index is 0.0178. The van der Waals surface area contributed by atoms with Crippen LogP contribution in [0.3, 0.4) is 0 Å². The molecule has 11 heteroatoms. The van der Waals surface area contributed by atoms with Crippen molar-refractivity contribution in [1.29, 1.82) is 0 Å². The van der Waals surface area contributed by atoms with Crippen LogP contribution in [-0.2, 0) is 26.2 Å². The van der Waals surface area contributed by atoms with Crippen LogP contribution in [0.15, 0.2) is 71.6 Å². The van der Waals surface area contributed by atoms with Gasteiger partial charge in [-0.05, 0) is 62.7 Å². The van der Waals surface area contributed by atoms with Crippen LogP contribution in [0.2, 0.25) is 15.1 Å². The zero-order valence-corrected chi connectivity index (χ0v) is 24.2. The van der Waals surface area contributed by atoms with Gasteiger partial charge < -0.3 is 10.2 Å². The van der Waals surface area contributed by atoms with Gasteiger partial charge in [0.05, 0.1) is 20.6 Å². The second-order valence-electron chi connectivity index (χ2n) is 8.62. The highest BCUT2D eigenvalue weighted by atomic mass is 35.5. The summed E-state index contributed by atoms with van der Waals surface area (Å²) in [7, 11) is -4.25. The fourth-order valence-electron chi connectivity index (χ4n) is 3.77. The molecule has 3 aromatic carbocycles. The molecular weight excluding hydrogens is 569 g/mol. The summed E-state index contributed by atoms with van der Waals surface area (Å²) in [5.41, 5.74) is 1.59. The summed E-state index contributed by atoms with van der Waals surface area (Å²) < 4.78 is 28.6. The van der Waals surface area contributed by atoms with Crippen molar-refractivity contribution in [1.82, 2.24) is 10.2 Å². The Kier molecular flexibility index (Phi) is 10.1. The summed E-state index contributed by atoms with van der Waals surface area (Å²) in [4.78, 5) is 27.9. The normalized spacial score (nSPS) is 12.1. The fourth-order valence-corrected chi connectivity index (χ4v) is 5.86. The van der Waals surface area contributed by atoms with Gasteiger partial charge in [-0.2, -0.15) is 0 Å². The number of sulfonamides is 1. The van der Waals surface area contributed by atoms with Crippen molar-refractivity contribution in [2.45, 2.75) is 38.3 Å². The molecule has 1 N–H and O–H groups in total. The lowest BCUT2D eigenvalue weighted by Crippen LogP contribution is -2.51. The highest BCUT2D eigenvalue weighted by Gasteiger charge is 2.33. The summed E-state index contributed by atoms with van der Waals surface area (Å²) in [6, 6.07) is 16.8. The van der Waals surface area contributed by atoms with Crippen molar-refractivity contribution in [3.8, 4) is 0 Å². The first-order valence-corrected chi connectivity index (χ1v) is 14.4. The van der Waals surface area contributed by atoms with Gasteiger partial charge in [0.15, 0.2) is 0 Å². The van der Waals surface area contributed by atoms with E-state index in [0.29, 0.717) is 17.1 Å². The van der Waals surface area contributed by atoms with Gasteiger partial charge in [-0.3, -0.25) is 13.9 Å². The molecule has 0 aliphatic rings. The van der Waals surface area contributed by atoms with Crippen molar-refractivity contribution in [3.63, 3.8) is 0 Å². The van der Waals surface area contributed by atoms with Crippen LogP contribution in [0.4, 0.5) is 5.69 Å². The summed E-state index contributed by atoms with van der Waals surface area (Å²) in [5.74, 6) is -0.993. The second-order valence-corrected chi connectivity index (χ2v) is 11.7. The molecule has 0 spiro atoms. The van der Waals surface area contributed by atoms with E-state index in [1.165, 1.54) is 29.2 Å². The third kappa shape index (κ3) is 6.99. The minimum atomic E-state index is -4.25. The zero-order chi connectivity index (χ0) is 28.0. The summed E-state index contributed by atoms with van der Waals surface area (Å²) in [6.07, 6.45) is 0. The summed E-state index contributed by atoms with van der Waals surface area (Å²) >= 11 is 18.8. The molecule has 0 aliphatic carbocycles. The number of rotatable bonds is 10. The Balaban J connectivity index is 2.08. The third-order valence-electron chi connectivity index (χ3n) is 5.85. The van der Waals surface area contributed by atoms with Gasteiger partial charge in [-0.25, -0.2) is 8.42 Å². The van der Waals surface area contributed by atoms with E-state index >= 15 is 0 Å². The van der Waals surface area contributed by atoms with Crippen molar-refractivity contribution in [2.24, 2.45) is 0 Å². The molecule has 0 bridgehead atoms. The van der Waals surface area contributed by atoms with E-state index in [2.05, 4.69) is 5.32 Å².